The van der Waals surface area contributed by atoms with Crippen LogP contribution in [0.15, 0.2) is 59.8 Å². The van der Waals surface area contributed by atoms with E-state index in [0.717, 1.165) is 5.69 Å². The van der Waals surface area contributed by atoms with E-state index in [2.05, 4.69) is 25.8 Å². The first-order chi connectivity index (χ1) is 12.1. The van der Waals surface area contributed by atoms with E-state index in [1.165, 1.54) is 18.5 Å². The lowest BCUT2D eigenvalue weighted by molar-refractivity contribution is 0.626. The second-order valence-corrected chi connectivity index (χ2v) is 5.44. The molecule has 0 aliphatic heterocycles. The number of halogens is 2. The molecule has 0 aliphatic carbocycles. The number of benzene rings is 2. The van der Waals surface area contributed by atoms with Crippen molar-refractivity contribution in [1.82, 2.24) is 9.97 Å². The van der Waals surface area contributed by atoms with Crippen molar-refractivity contribution in [3.8, 4) is 0 Å². The summed E-state index contributed by atoms with van der Waals surface area (Å²) >= 11 is 6.10. The first-order valence-electron chi connectivity index (χ1n) is 7.30. The van der Waals surface area contributed by atoms with Crippen LogP contribution in [0.4, 0.5) is 27.5 Å². The van der Waals surface area contributed by atoms with Gasteiger partial charge in [-0.05, 0) is 24.3 Å². The first kappa shape index (κ1) is 16.7. The van der Waals surface area contributed by atoms with Gasteiger partial charge in [-0.25, -0.2) is 14.8 Å². The molecule has 2 aromatic carbocycles. The molecule has 126 valence electrons. The number of hydrogen-bond acceptors (Lipinski definition) is 6. The Morgan fingerprint density at radius 1 is 1.16 bits per heavy atom. The minimum Gasteiger partial charge on any atom is -0.399 e. The molecule has 0 atom stereocenters. The van der Waals surface area contributed by atoms with Gasteiger partial charge in [0.25, 0.3) is 0 Å². The number of hydrogen-bond donors (Lipinski definition) is 3. The van der Waals surface area contributed by atoms with Crippen molar-refractivity contribution in [2.24, 2.45) is 5.10 Å². The molecule has 0 fully saturated rings. The van der Waals surface area contributed by atoms with Crippen molar-refractivity contribution in [2.75, 3.05) is 16.5 Å². The van der Waals surface area contributed by atoms with Crippen LogP contribution in [0, 0.1) is 5.82 Å². The maximum atomic E-state index is 13.5. The van der Waals surface area contributed by atoms with Gasteiger partial charge in [-0.15, -0.1) is 0 Å². The summed E-state index contributed by atoms with van der Waals surface area (Å²) in [5.74, 6) is 0.239. The van der Waals surface area contributed by atoms with E-state index in [1.54, 1.807) is 30.3 Å². The van der Waals surface area contributed by atoms with Crippen molar-refractivity contribution < 1.29 is 4.39 Å². The zero-order valence-corrected chi connectivity index (χ0v) is 13.7. The number of nitrogen functional groups attached to an aromatic ring is 1. The molecular weight excluding hydrogens is 343 g/mol. The molecule has 0 unspecified atom stereocenters. The molecule has 25 heavy (non-hydrogen) atoms. The molecule has 3 aromatic rings. The van der Waals surface area contributed by atoms with Gasteiger partial charge in [0.1, 0.15) is 10.8 Å². The summed E-state index contributed by atoms with van der Waals surface area (Å²) < 4.78 is 13.5. The summed E-state index contributed by atoms with van der Waals surface area (Å²) in [4.78, 5) is 8.26. The van der Waals surface area contributed by atoms with Gasteiger partial charge in [-0.1, -0.05) is 35.9 Å². The van der Waals surface area contributed by atoms with Crippen LogP contribution in [-0.4, -0.2) is 16.2 Å². The quantitative estimate of drug-likeness (QED) is 0.365. The Kier molecular flexibility index (Phi) is 5.06. The molecule has 0 saturated heterocycles. The fourth-order valence-electron chi connectivity index (χ4n) is 2.00. The number of anilines is 4. The molecule has 3 rings (SSSR count). The van der Waals surface area contributed by atoms with Gasteiger partial charge in [0.05, 0.1) is 12.4 Å². The predicted octanol–water partition coefficient (Wildman–Crippen LogP) is 4.04. The van der Waals surface area contributed by atoms with Gasteiger partial charge in [-0.3, -0.25) is 0 Å². The Bertz CT molecular complexity index is 915. The largest absolute Gasteiger partial charge is 0.399 e. The van der Waals surface area contributed by atoms with Gasteiger partial charge in [-0.2, -0.15) is 10.1 Å². The molecule has 1 heterocycles. The fraction of sp³-hybridized carbons (Fsp3) is 0. The van der Waals surface area contributed by atoms with Crippen LogP contribution in [0.3, 0.4) is 0 Å². The summed E-state index contributed by atoms with van der Waals surface area (Å²) in [6.45, 7) is 0. The lowest BCUT2D eigenvalue weighted by Gasteiger charge is -2.09. The molecule has 1 aromatic heterocycles. The van der Waals surface area contributed by atoms with E-state index in [0.29, 0.717) is 22.1 Å². The molecule has 4 N–H and O–H groups in total. The monoisotopic (exact) mass is 356 g/mol. The van der Waals surface area contributed by atoms with Crippen molar-refractivity contribution in [2.45, 2.75) is 0 Å². The highest BCUT2D eigenvalue weighted by atomic mass is 35.5. The summed E-state index contributed by atoms with van der Waals surface area (Å²) in [7, 11) is 0. The minimum atomic E-state index is -0.367. The molecule has 0 aliphatic rings. The molecule has 0 saturated carbocycles. The van der Waals surface area contributed by atoms with Crippen molar-refractivity contribution in [3.05, 3.63) is 71.1 Å². The average molecular weight is 357 g/mol. The van der Waals surface area contributed by atoms with Gasteiger partial charge >= 0.3 is 0 Å². The lowest BCUT2D eigenvalue weighted by Crippen LogP contribution is -2.02. The van der Waals surface area contributed by atoms with Crippen LogP contribution in [0.2, 0.25) is 5.02 Å². The summed E-state index contributed by atoms with van der Waals surface area (Å²) in [6.07, 6.45) is 2.78. The summed E-state index contributed by atoms with van der Waals surface area (Å²) in [5.41, 5.74) is 10.1. The second kappa shape index (κ2) is 7.59. The first-order valence-corrected chi connectivity index (χ1v) is 7.68. The normalized spacial score (nSPS) is 10.8. The third-order valence-electron chi connectivity index (χ3n) is 3.17. The molecule has 6 nitrogen and oxygen atoms in total. The third kappa shape index (κ3) is 4.42. The third-order valence-corrected chi connectivity index (χ3v) is 3.44. The van der Waals surface area contributed by atoms with E-state index >= 15 is 0 Å². The highest BCUT2D eigenvalue weighted by Crippen LogP contribution is 2.24. The number of nitrogens with two attached hydrogens (primary N) is 1. The van der Waals surface area contributed by atoms with Crippen molar-refractivity contribution >= 4 is 41.0 Å². The van der Waals surface area contributed by atoms with Crippen LogP contribution < -0.4 is 16.5 Å². The molecular formula is C17H14ClFN6. The Balaban J connectivity index is 1.74. The topological polar surface area (TPSA) is 88.2 Å². The number of nitrogens with one attached hydrogen (secondary N) is 2. The fourth-order valence-corrected chi connectivity index (χ4v) is 2.14. The highest BCUT2D eigenvalue weighted by molar-refractivity contribution is 6.32. The summed E-state index contributed by atoms with van der Waals surface area (Å²) in [6, 6.07) is 13.5. The lowest BCUT2D eigenvalue weighted by atomic mass is 10.2. The Morgan fingerprint density at radius 2 is 2.00 bits per heavy atom. The zero-order valence-electron chi connectivity index (χ0n) is 12.9. The minimum absolute atomic E-state index is 0.211. The zero-order chi connectivity index (χ0) is 17.6. The maximum Gasteiger partial charge on any atom is 0.245 e. The van der Waals surface area contributed by atoms with Gasteiger partial charge < -0.3 is 11.1 Å². The Labute approximate surface area is 148 Å². The molecule has 0 spiro atoms. The standard InChI is InChI=1S/C17H14ClFN6/c18-14-10-21-17(25-22-9-11-4-1-2-7-15(11)19)24-16(14)23-13-6-3-5-12(20)8-13/h1-10H,20H2,(H2,21,23,24,25)/b22-9+. The van der Waals surface area contributed by atoms with Gasteiger partial charge in [0.2, 0.25) is 5.95 Å². The van der Waals surface area contributed by atoms with E-state index in [4.69, 9.17) is 17.3 Å². The van der Waals surface area contributed by atoms with E-state index in [-0.39, 0.29) is 11.8 Å². The van der Waals surface area contributed by atoms with E-state index in [1.807, 2.05) is 12.1 Å². The smallest absolute Gasteiger partial charge is 0.245 e. The Hall–Kier alpha value is -3.19. The number of rotatable bonds is 5. The van der Waals surface area contributed by atoms with E-state index < -0.39 is 0 Å². The van der Waals surface area contributed by atoms with Crippen LogP contribution >= 0.6 is 11.6 Å². The van der Waals surface area contributed by atoms with Crippen LogP contribution in [0.25, 0.3) is 0 Å². The highest BCUT2D eigenvalue weighted by Gasteiger charge is 2.06. The predicted molar refractivity (Wildman–Crippen MR) is 98.8 cm³/mol. The van der Waals surface area contributed by atoms with Crippen molar-refractivity contribution in [3.63, 3.8) is 0 Å². The molecule has 0 amide bonds. The van der Waals surface area contributed by atoms with Crippen molar-refractivity contribution in [1.29, 1.82) is 0 Å². The maximum absolute atomic E-state index is 13.5. The van der Waals surface area contributed by atoms with Gasteiger partial charge in [0.15, 0.2) is 5.82 Å². The van der Waals surface area contributed by atoms with Gasteiger partial charge in [0, 0.05) is 16.9 Å². The van der Waals surface area contributed by atoms with E-state index in [9.17, 15) is 4.39 Å². The average Bonchev–Trinajstić information content (AvgIpc) is 2.59. The second-order valence-electron chi connectivity index (χ2n) is 5.03. The van der Waals surface area contributed by atoms with Crippen LogP contribution in [-0.2, 0) is 0 Å². The molecule has 0 bridgehead atoms. The number of nitrogens with zero attached hydrogens (tertiary/aromatic N) is 3. The SMILES string of the molecule is Nc1cccc(Nc2nc(N/N=C/c3ccccc3F)ncc2Cl)c1. The molecule has 8 heteroatoms. The van der Waals surface area contributed by atoms with Crippen LogP contribution in [0.5, 0.6) is 0 Å². The van der Waals surface area contributed by atoms with Crippen LogP contribution in [0.1, 0.15) is 5.56 Å². The Morgan fingerprint density at radius 3 is 2.80 bits per heavy atom. The number of aromatic nitrogens is 2. The number of hydrazone groups is 1. The molecule has 0 radical (unpaired) electrons. The summed E-state index contributed by atoms with van der Waals surface area (Å²) in [5, 5.41) is 7.33.